The lowest BCUT2D eigenvalue weighted by Gasteiger charge is -2.18. The minimum atomic E-state index is -0.410. The summed E-state index contributed by atoms with van der Waals surface area (Å²) in [5.41, 5.74) is 3.29. The zero-order chi connectivity index (χ0) is 15.2. The number of rotatable bonds is 5. The zero-order valence-corrected chi connectivity index (χ0v) is 12.5. The Hall–Kier alpha value is -2.58. The molecule has 3 rings (SSSR count). The van der Waals surface area contributed by atoms with Gasteiger partial charge in [-0.2, -0.15) is 0 Å². The van der Waals surface area contributed by atoms with Gasteiger partial charge in [-0.05, 0) is 23.3 Å². The van der Waals surface area contributed by atoms with Crippen LogP contribution in [0, 0.1) is 0 Å². The number of benzene rings is 3. The minimum absolute atomic E-state index is 0.410. The first-order chi connectivity index (χ1) is 10.9. The Kier molecular flexibility index (Phi) is 4.52. The van der Waals surface area contributed by atoms with Crippen LogP contribution in [-0.4, -0.2) is 7.11 Å². The highest BCUT2D eigenvalue weighted by molar-refractivity contribution is 5.64. The zero-order valence-electron chi connectivity index (χ0n) is 12.5. The van der Waals surface area contributed by atoms with Crippen LogP contribution in [0.1, 0.15) is 11.9 Å². The van der Waals surface area contributed by atoms with E-state index in [4.69, 9.17) is 9.47 Å². The summed E-state index contributed by atoms with van der Waals surface area (Å²) in [6.07, 6.45) is -0.410. The summed E-state index contributed by atoms with van der Waals surface area (Å²) < 4.78 is 11.5. The molecule has 0 aliphatic rings. The average Bonchev–Trinajstić information content (AvgIpc) is 2.61. The molecule has 110 valence electrons. The third-order valence-corrected chi connectivity index (χ3v) is 3.47. The second-order valence-corrected chi connectivity index (χ2v) is 4.99. The lowest BCUT2D eigenvalue weighted by molar-refractivity contribution is -0.0562. The van der Waals surface area contributed by atoms with Gasteiger partial charge in [0.1, 0.15) is 5.75 Å². The van der Waals surface area contributed by atoms with Crippen molar-refractivity contribution >= 4 is 0 Å². The van der Waals surface area contributed by atoms with E-state index in [9.17, 15) is 0 Å². The smallest absolute Gasteiger partial charge is 0.226 e. The molecule has 0 heterocycles. The SMILES string of the molecule is COC(Oc1cccc(-c2ccccc2)c1)c1ccccc1. The van der Waals surface area contributed by atoms with Gasteiger partial charge in [-0.25, -0.2) is 0 Å². The molecule has 0 amide bonds. The van der Waals surface area contributed by atoms with E-state index in [-0.39, 0.29) is 0 Å². The molecule has 0 fully saturated rings. The van der Waals surface area contributed by atoms with E-state index in [0.29, 0.717) is 0 Å². The normalized spacial score (nSPS) is 11.9. The number of ether oxygens (including phenoxy) is 2. The van der Waals surface area contributed by atoms with Gasteiger partial charge in [-0.3, -0.25) is 0 Å². The Labute approximate surface area is 131 Å². The monoisotopic (exact) mass is 290 g/mol. The predicted octanol–water partition coefficient (Wildman–Crippen LogP) is 5.08. The highest BCUT2D eigenvalue weighted by Crippen LogP contribution is 2.27. The van der Waals surface area contributed by atoms with Crippen LogP contribution in [0.25, 0.3) is 11.1 Å². The fraction of sp³-hybridized carbons (Fsp3) is 0.100. The molecule has 0 radical (unpaired) electrons. The van der Waals surface area contributed by atoms with Crippen LogP contribution in [0.3, 0.4) is 0 Å². The molecule has 3 aromatic rings. The van der Waals surface area contributed by atoms with E-state index in [2.05, 4.69) is 18.2 Å². The molecular weight excluding hydrogens is 272 g/mol. The van der Waals surface area contributed by atoms with Crippen molar-refractivity contribution in [2.75, 3.05) is 7.11 Å². The lowest BCUT2D eigenvalue weighted by atomic mass is 10.1. The Morgan fingerprint density at radius 3 is 2.00 bits per heavy atom. The van der Waals surface area contributed by atoms with Crippen molar-refractivity contribution in [2.45, 2.75) is 6.29 Å². The average molecular weight is 290 g/mol. The quantitative estimate of drug-likeness (QED) is 0.610. The molecule has 0 bridgehead atoms. The molecule has 22 heavy (non-hydrogen) atoms. The molecule has 0 spiro atoms. The maximum Gasteiger partial charge on any atom is 0.226 e. The maximum absolute atomic E-state index is 5.99. The van der Waals surface area contributed by atoms with Crippen LogP contribution in [0.15, 0.2) is 84.9 Å². The third kappa shape index (κ3) is 3.35. The van der Waals surface area contributed by atoms with Crippen LogP contribution in [-0.2, 0) is 4.74 Å². The minimum Gasteiger partial charge on any atom is -0.461 e. The van der Waals surface area contributed by atoms with Crippen molar-refractivity contribution in [1.29, 1.82) is 0 Å². The third-order valence-electron chi connectivity index (χ3n) is 3.47. The van der Waals surface area contributed by atoms with Gasteiger partial charge in [0, 0.05) is 12.7 Å². The Bertz CT molecular complexity index is 708. The second-order valence-electron chi connectivity index (χ2n) is 4.99. The van der Waals surface area contributed by atoms with Gasteiger partial charge in [0.2, 0.25) is 6.29 Å². The summed E-state index contributed by atoms with van der Waals surface area (Å²) in [4.78, 5) is 0. The molecule has 0 aliphatic heterocycles. The highest BCUT2D eigenvalue weighted by Gasteiger charge is 2.12. The molecule has 2 nitrogen and oxygen atoms in total. The highest BCUT2D eigenvalue weighted by atomic mass is 16.7. The molecule has 1 atom stereocenters. The van der Waals surface area contributed by atoms with E-state index in [1.165, 1.54) is 5.56 Å². The van der Waals surface area contributed by atoms with Crippen LogP contribution >= 0.6 is 0 Å². The number of methoxy groups -OCH3 is 1. The second kappa shape index (κ2) is 6.92. The summed E-state index contributed by atoms with van der Waals surface area (Å²) >= 11 is 0. The molecule has 3 aromatic carbocycles. The fourth-order valence-corrected chi connectivity index (χ4v) is 2.37. The molecule has 2 heteroatoms. The van der Waals surface area contributed by atoms with E-state index in [1.807, 2.05) is 66.7 Å². The Balaban J connectivity index is 1.83. The summed E-state index contributed by atoms with van der Waals surface area (Å²) in [6, 6.07) is 28.2. The first-order valence-electron chi connectivity index (χ1n) is 7.27. The van der Waals surface area contributed by atoms with Gasteiger partial charge < -0.3 is 9.47 Å². The van der Waals surface area contributed by atoms with E-state index in [1.54, 1.807) is 7.11 Å². The molecule has 0 aliphatic carbocycles. The van der Waals surface area contributed by atoms with Crippen molar-refractivity contribution in [3.8, 4) is 16.9 Å². The van der Waals surface area contributed by atoms with Crippen LogP contribution in [0.5, 0.6) is 5.75 Å². The van der Waals surface area contributed by atoms with Crippen molar-refractivity contribution in [1.82, 2.24) is 0 Å². The topological polar surface area (TPSA) is 18.5 Å². The van der Waals surface area contributed by atoms with Crippen LogP contribution in [0.4, 0.5) is 0 Å². The summed E-state index contributed by atoms with van der Waals surface area (Å²) in [5.74, 6) is 0.789. The van der Waals surface area contributed by atoms with E-state index < -0.39 is 6.29 Å². The van der Waals surface area contributed by atoms with Gasteiger partial charge >= 0.3 is 0 Å². The molecule has 0 N–H and O–H groups in total. The maximum atomic E-state index is 5.99. The molecule has 0 saturated heterocycles. The summed E-state index contributed by atoms with van der Waals surface area (Å²) in [5, 5.41) is 0. The summed E-state index contributed by atoms with van der Waals surface area (Å²) in [6.45, 7) is 0. The van der Waals surface area contributed by atoms with Crippen molar-refractivity contribution < 1.29 is 9.47 Å². The van der Waals surface area contributed by atoms with E-state index >= 15 is 0 Å². The van der Waals surface area contributed by atoms with Crippen LogP contribution < -0.4 is 4.74 Å². The molecular formula is C20H18O2. The van der Waals surface area contributed by atoms with Gasteiger partial charge in [0.15, 0.2) is 0 Å². The van der Waals surface area contributed by atoms with Gasteiger partial charge in [-0.15, -0.1) is 0 Å². The summed E-state index contributed by atoms with van der Waals surface area (Å²) in [7, 11) is 1.65. The standard InChI is InChI=1S/C20H18O2/c1-21-20(17-11-6-3-7-12-17)22-19-14-8-13-18(15-19)16-9-4-2-5-10-16/h2-15,20H,1H3. The van der Waals surface area contributed by atoms with Gasteiger partial charge in [0.05, 0.1) is 0 Å². The van der Waals surface area contributed by atoms with Crippen molar-refractivity contribution in [3.63, 3.8) is 0 Å². The molecule has 1 unspecified atom stereocenters. The molecule has 0 saturated carbocycles. The number of hydrogen-bond donors (Lipinski definition) is 0. The van der Waals surface area contributed by atoms with Crippen molar-refractivity contribution in [2.24, 2.45) is 0 Å². The first-order valence-corrected chi connectivity index (χ1v) is 7.27. The first kappa shape index (κ1) is 14.4. The lowest BCUT2D eigenvalue weighted by Crippen LogP contribution is -2.09. The predicted molar refractivity (Wildman–Crippen MR) is 88.7 cm³/mol. The Morgan fingerprint density at radius 1 is 0.682 bits per heavy atom. The van der Waals surface area contributed by atoms with Gasteiger partial charge in [-0.1, -0.05) is 72.8 Å². The van der Waals surface area contributed by atoms with Crippen molar-refractivity contribution in [3.05, 3.63) is 90.5 Å². The number of hydrogen-bond acceptors (Lipinski definition) is 2. The Morgan fingerprint density at radius 2 is 1.32 bits per heavy atom. The van der Waals surface area contributed by atoms with Gasteiger partial charge in [0.25, 0.3) is 0 Å². The fourth-order valence-electron chi connectivity index (χ4n) is 2.37. The van der Waals surface area contributed by atoms with Crippen LogP contribution in [0.2, 0.25) is 0 Å². The molecule has 0 aromatic heterocycles. The largest absolute Gasteiger partial charge is 0.461 e. The van der Waals surface area contributed by atoms with E-state index in [0.717, 1.165) is 16.9 Å².